The van der Waals surface area contributed by atoms with Crippen molar-refractivity contribution in [1.29, 1.82) is 0 Å². The fraction of sp³-hybridized carbons (Fsp3) is 0.417. The Morgan fingerprint density at radius 3 is 2.88 bits per heavy atom. The summed E-state index contributed by atoms with van der Waals surface area (Å²) in [5, 5.41) is 11.8. The zero-order chi connectivity index (χ0) is 12.1. The minimum absolute atomic E-state index is 0.173. The molecule has 17 heavy (non-hydrogen) atoms. The van der Waals surface area contributed by atoms with E-state index in [9.17, 15) is 4.79 Å². The molecule has 2 N–H and O–H groups in total. The normalized spacial score (nSPS) is 23.6. The highest BCUT2D eigenvalue weighted by molar-refractivity contribution is 5.70. The number of hydrogen-bond acceptors (Lipinski definition) is 5. The molecule has 2 rings (SSSR count). The van der Waals surface area contributed by atoms with Gasteiger partial charge in [-0.25, -0.2) is 0 Å². The van der Waals surface area contributed by atoms with Crippen molar-refractivity contribution >= 4 is 5.97 Å². The number of ether oxygens (including phenoxy) is 2. The molecule has 1 unspecified atom stereocenters. The molecule has 1 aliphatic rings. The SMILES string of the molecule is O=C(C[C@@H]1COC(O)N1)OCc1ccccc1. The number of aliphatic hydroxyl groups excluding tert-OH is 1. The summed E-state index contributed by atoms with van der Waals surface area (Å²) >= 11 is 0. The van der Waals surface area contributed by atoms with Crippen LogP contribution in [0.1, 0.15) is 12.0 Å². The van der Waals surface area contributed by atoms with E-state index in [1.807, 2.05) is 30.3 Å². The molecule has 0 aromatic heterocycles. The molecule has 1 aliphatic heterocycles. The first-order valence-electron chi connectivity index (χ1n) is 5.49. The molecule has 2 atom stereocenters. The van der Waals surface area contributed by atoms with E-state index in [4.69, 9.17) is 14.6 Å². The summed E-state index contributed by atoms with van der Waals surface area (Å²) in [6, 6.07) is 9.32. The second-order valence-electron chi connectivity index (χ2n) is 3.90. The van der Waals surface area contributed by atoms with Crippen LogP contribution in [0.3, 0.4) is 0 Å². The van der Waals surface area contributed by atoms with Gasteiger partial charge in [-0.2, -0.15) is 0 Å². The molecule has 1 aromatic rings. The van der Waals surface area contributed by atoms with Gasteiger partial charge in [-0.15, -0.1) is 0 Å². The molecule has 1 heterocycles. The molecule has 0 saturated carbocycles. The summed E-state index contributed by atoms with van der Waals surface area (Å²) in [6.07, 6.45) is -0.772. The van der Waals surface area contributed by atoms with Gasteiger partial charge in [-0.3, -0.25) is 10.1 Å². The molecule has 0 bridgehead atoms. The van der Waals surface area contributed by atoms with Crippen molar-refractivity contribution in [2.45, 2.75) is 25.5 Å². The summed E-state index contributed by atoms with van der Waals surface area (Å²) in [4.78, 5) is 11.5. The highest BCUT2D eigenvalue weighted by Crippen LogP contribution is 2.07. The van der Waals surface area contributed by atoms with E-state index < -0.39 is 6.41 Å². The molecule has 0 amide bonds. The van der Waals surface area contributed by atoms with Crippen LogP contribution in [0, 0.1) is 0 Å². The van der Waals surface area contributed by atoms with E-state index in [0.29, 0.717) is 6.61 Å². The third-order valence-corrected chi connectivity index (χ3v) is 2.49. The van der Waals surface area contributed by atoms with E-state index in [1.165, 1.54) is 0 Å². The number of nitrogens with one attached hydrogen (secondary N) is 1. The number of rotatable bonds is 4. The van der Waals surface area contributed by atoms with Crippen LogP contribution >= 0.6 is 0 Å². The molecule has 92 valence electrons. The quantitative estimate of drug-likeness (QED) is 0.741. The van der Waals surface area contributed by atoms with Gasteiger partial charge in [-0.05, 0) is 5.56 Å². The Bertz CT molecular complexity index is 368. The molecule has 0 spiro atoms. The van der Waals surface area contributed by atoms with Crippen LogP contribution in [0.25, 0.3) is 0 Å². The summed E-state index contributed by atoms with van der Waals surface area (Å²) in [7, 11) is 0. The summed E-state index contributed by atoms with van der Waals surface area (Å²) in [5.74, 6) is -0.302. The molecule has 1 saturated heterocycles. The maximum absolute atomic E-state index is 11.5. The number of benzene rings is 1. The smallest absolute Gasteiger partial charge is 0.307 e. The van der Waals surface area contributed by atoms with Gasteiger partial charge in [0.1, 0.15) is 6.61 Å². The standard InChI is InChI=1S/C12H15NO4/c14-11(6-10-8-17-12(15)13-10)16-7-9-4-2-1-3-5-9/h1-5,10,12-13,15H,6-8H2/t10-,12?/m1/s1. The first-order chi connectivity index (χ1) is 8.24. The summed E-state index contributed by atoms with van der Waals surface area (Å²) in [5.41, 5.74) is 0.955. The van der Waals surface area contributed by atoms with E-state index in [0.717, 1.165) is 5.56 Å². The first-order valence-corrected chi connectivity index (χ1v) is 5.49. The molecule has 0 radical (unpaired) electrons. The van der Waals surface area contributed by atoms with Crippen molar-refractivity contribution in [2.75, 3.05) is 6.61 Å². The van der Waals surface area contributed by atoms with Crippen molar-refractivity contribution in [3.05, 3.63) is 35.9 Å². The lowest BCUT2D eigenvalue weighted by Crippen LogP contribution is -2.32. The maximum atomic E-state index is 11.5. The average Bonchev–Trinajstić information content (AvgIpc) is 2.73. The fourth-order valence-corrected chi connectivity index (χ4v) is 1.62. The predicted molar refractivity (Wildman–Crippen MR) is 59.7 cm³/mol. The van der Waals surface area contributed by atoms with Gasteiger partial charge in [0, 0.05) is 6.04 Å². The van der Waals surface area contributed by atoms with E-state index >= 15 is 0 Å². The number of carbonyl (C=O) groups excluding carboxylic acids is 1. The third kappa shape index (κ3) is 3.81. The van der Waals surface area contributed by atoms with Gasteiger partial charge in [0.05, 0.1) is 13.0 Å². The Kier molecular flexibility index (Phi) is 4.08. The van der Waals surface area contributed by atoms with Crippen LogP contribution in [0.15, 0.2) is 30.3 Å². The van der Waals surface area contributed by atoms with Crippen LogP contribution in [0.2, 0.25) is 0 Å². The van der Waals surface area contributed by atoms with Gasteiger partial charge < -0.3 is 14.6 Å². The fourth-order valence-electron chi connectivity index (χ4n) is 1.62. The molecule has 5 nitrogen and oxygen atoms in total. The van der Waals surface area contributed by atoms with Gasteiger partial charge >= 0.3 is 5.97 Å². The lowest BCUT2D eigenvalue weighted by atomic mass is 10.2. The third-order valence-electron chi connectivity index (χ3n) is 2.49. The van der Waals surface area contributed by atoms with Gasteiger partial charge in [0.25, 0.3) is 0 Å². The number of esters is 1. The van der Waals surface area contributed by atoms with Crippen LogP contribution in [-0.2, 0) is 20.9 Å². The highest BCUT2D eigenvalue weighted by Gasteiger charge is 2.24. The number of aliphatic hydroxyl groups is 1. The Morgan fingerprint density at radius 1 is 1.47 bits per heavy atom. The topological polar surface area (TPSA) is 67.8 Å². The van der Waals surface area contributed by atoms with Crippen molar-refractivity contribution in [2.24, 2.45) is 0 Å². The van der Waals surface area contributed by atoms with E-state index in [-0.39, 0.29) is 25.0 Å². The molecule has 1 fully saturated rings. The lowest BCUT2D eigenvalue weighted by molar-refractivity contribution is -0.145. The molecule has 5 heteroatoms. The summed E-state index contributed by atoms with van der Waals surface area (Å²) < 4.78 is 9.97. The minimum atomic E-state index is -0.970. The highest BCUT2D eigenvalue weighted by atomic mass is 16.6. The van der Waals surface area contributed by atoms with Crippen molar-refractivity contribution in [3.8, 4) is 0 Å². The molecule has 1 aromatic carbocycles. The van der Waals surface area contributed by atoms with Gasteiger partial charge in [0.15, 0.2) is 0 Å². The lowest BCUT2D eigenvalue weighted by Gasteiger charge is -2.09. The Morgan fingerprint density at radius 2 is 2.24 bits per heavy atom. The monoisotopic (exact) mass is 237 g/mol. The van der Waals surface area contributed by atoms with Crippen molar-refractivity contribution in [1.82, 2.24) is 5.32 Å². The Labute approximate surface area is 99.3 Å². The average molecular weight is 237 g/mol. The van der Waals surface area contributed by atoms with Crippen molar-refractivity contribution < 1.29 is 19.4 Å². The van der Waals surface area contributed by atoms with E-state index in [2.05, 4.69) is 5.32 Å². The van der Waals surface area contributed by atoms with E-state index in [1.54, 1.807) is 0 Å². The summed E-state index contributed by atoms with van der Waals surface area (Å²) in [6.45, 7) is 0.595. The zero-order valence-corrected chi connectivity index (χ0v) is 9.33. The number of carbonyl (C=O) groups is 1. The van der Waals surface area contributed by atoms with Crippen molar-refractivity contribution in [3.63, 3.8) is 0 Å². The molecule has 0 aliphatic carbocycles. The maximum Gasteiger partial charge on any atom is 0.307 e. The minimum Gasteiger partial charge on any atom is -0.461 e. The van der Waals surface area contributed by atoms with Crippen LogP contribution in [-0.4, -0.2) is 30.1 Å². The molecular formula is C12H15NO4. The second-order valence-corrected chi connectivity index (χ2v) is 3.90. The van der Waals surface area contributed by atoms with Gasteiger partial charge in [-0.1, -0.05) is 30.3 Å². The van der Waals surface area contributed by atoms with Crippen LogP contribution in [0.4, 0.5) is 0 Å². The van der Waals surface area contributed by atoms with Gasteiger partial charge in [0.2, 0.25) is 6.41 Å². The largest absolute Gasteiger partial charge is 0.461 e. The Hall–Kier alpha value is -1.43. The first kappa shape index (κ1) is 12.0. The Balaban J connectivity index is 1.71. The number of hydrogen-bond donors (Lipinski definition) is 2. The van der Waals surface area contributed by atoms with Crippen LogP contribution < -0.4 is 5.32 Å². The predicted octanol–water partition coefficient (Wildman–Crippen LogP) is 0.384. The van der Waals surface area contributed by atoms with Crippen LogP contribution in [0.5, 0.6) is 0 Å². The second kappa shape index (κ2) is 5.77. The zero-order valence-electron chi connectivity index (χ0n) is 9.33. The molecular weight excluding hydrogens is 222 g/mol.